The van der Waals surface area contributed by atoms with E-state index in [4.69, 9.17) is 5.11 Å². The fraction of sp³-hybridized carbons (Fsp3) is 0.545. The minimum atomic E-state index is -0.975. The summed E-state index contributed by atoms with van der Waals surface area (Å²) in [7, 11) is 0. The van der Waals surface area contributed by atoms with Gasteiger partial charge in [0.25, 0.3) is 0 Å². The van der Waals surface area contributed by atoms with Crippen molar-refractivity contribution in [2.45, 2.75) is 32.9 Å². The molecule has 0 radical (unpaired) electrons. The Hall–Kier alpha value is -1.89. The van der Waals surface area contributed by atoms with Crippen molar-refractivity contribution >= 4 is 17.6 Å². The molecule has 0 bridgehead atoms. The normalized spacial score (nSPS) is 10.6. The van der Waals surface area contributed by atoms with E-state index in [2.05, 4.69) is 15.7 Å². The predicted molar refractivity (Wildman–Crippen MR) is 66.2 cm³/mol. The first-order valence-corrected chi connectivity index (χ1v) is 5.75. The van der Waals surface area contributed by atoms with Crippen molar-refractivity contribution in [1.82, 2.24) is 15.1 Å². The molecule has 1 aromatic heterocycles. The van der Waals surface area contributed by atoms with E-state index in [0.29, 0.717) is 24.7 Å². The average molecular weight is 254 g/mol. The van der Waals surface area contributed by atoms with Crippen molar-refractivity contribution in [3.8, 4) is 0 Å². The van der Waals surface area contributed by atoms with Gasteiger partial charge in [0.2, 0.25) is 5.91 Å². The lowest BCUT2D eigenvalue weighted by Crippen LogP contribution is -2.27. The van der Waals surface area contributed by atoms with Gasteiger partial charge in [0.05, 0.1) is 11.9 Å². The third-order valence-corrected chi connectivity index (χ3v) is 2.12. The van der Waals surface area contributed by atoms with Crippen molar-refractivity contribution in [3.63, 3.8) is 0 Å². The molecule has 0 saturated carbocycles. The molecule has 0 spiro atoms. The third kappa shape index (κ3) is 5.44. The summed E-state index contributed by atoms with van der Waals surface area (Å²) in [4.78, 5) is 22.0. The molecular formula is C11H18N4O3. The Morgan fingerprint density at radius 1 is 1.50 bits per heavy atom. The molecule has 0 atom stereocenters. The zero-order valence-electron chi connectivity index (χ0n) is 10.5. The Morgan fingerprint density at radius 2 is 2.22 bits per heavy atom. The van der Waals surface area contributed by atoms with Gasteiger partial charge in [0.15, 0.2) is 0 Å². The predicted octanol–water partition coefficient (Wildman–Crippen LogP) is 0.294. The van der Waals surface area contributed by atoms with Gasteiger partial charge in [-0.25, -0.2) is 0 Å². The van der Waals surface area contributed by atoms with E-state index in [1.807, 2.05) is 13.8 Å². The van der Waals surface area contributed by atoms with Crippen LogP contribution in [0, 0.1) is 0 Å². The number of aromatic nitrogens is 2. The lowest BCUT2D eigenvalue weighted by atomic mass is 10.3. The van der Waals surface area contributed by atoms with E-state index >= 15 is 0 Å². The maximum atomic E-state index is 11.5. The van der Waals surface area contributed by atoms with Gasteiger partial charge in [-0.05, 0) is 0 Å². The van der Waals surface area contributed by atoms with Gasteiger partial charge in [0, 0.05) is 25.2 Å². The summed E-state index contributed by atoms with van der Waals surface area (Å²) in [6.45, 7) is 4.40. The SMILES string of the molecule is CC(C)NCCC(=O)Nc1cnn(CC(=O)O)c1. The van der Waals surface area contributed by atoms with E-state index in [1.165, 1.54) is 17.1 Å². The minimum Gasteiger partial charge on any atom is -0.480 e. The van der Waals surface area contributed by atoms with Crippen LogP contribution >= 0.6 is 0 Å². The second-order valence-electron chi connectivity index (χ2n) is 4.23. The number of carboxylic acid groups (broad SMARTS) is 1. The first-order chi connectivity index (χ1) is 8.47. The summed E-state index contributed by atoms with van der Waals surface area (Å²) in [5, 5.41) is 18.2. The van der Waals surface area contributed by atoms with Gasteiger partial charge in [-0.3, -0.25) is 14.3 Å². The van der Waals surface area contributed by atoms with Crippen LogP contribution < -0.4 is 10.6 Å². The number of nitrogens with zero attached hydrogens (tertiary/aromatic N) is 2. The molecule has 0 aliphatic rings. The summed E-state index contributed by atoms with van der Waals surface area (Å²) in [6.07, 6.45) is 3.28. The maximum absolute atomic E-state index is 11.5. The average Bonchev–Trinajstić information content (AvgIpc) is 2.63. The van der Waals surface area contributed by atoms with Crippen molar-refractivity contribution in [2.24, 2.45) is 0 Å². The molecule has 0 fully saturated rings. The first-order valence-electron chi connectivity index (χ1n) is 5.75. The number of anilines is 1. The fourth-order valence-corrected chi connectivity index (χ4v) is 1.35. The number of carboxylic acids is 1. The van der Waals surface area contributed by atoms with Crippen LogP contribution in [0.4, 0.5) is 5.69 Å². The van der Waals surface area contributed by atoms with Gasteiger partial charge >= 0.3 is 5.97 Å². The lowest BCUT2D eigenvalue weighted by molar-refractivity contribution is -0.137. The lowest BCUT2D eigenvalue weighted by Gasteiger charge is -2.07. The summed E-state index contributed by atoms with van der Waals surface area (Å²) in [6, 6.07) is 0.344. The quantitative estimate of drug-likeness (QED) is 0.650. The standard InChI is InChI=1S/C11H18N4O3/c1-8(2)12-4-3-10(16)14-9-5-13-15(6-9)7-11(17)18/h5-6,8,12H,3-4,7H2,1-2H3,(H,14,16)(H,17,18). The number of aliphatic carboxylic acids is 1. The van der Waals surface area contributed by atoms with Crippen LogP contribution in [0.25, 0.3) is 0 Å². The van der Waals surface area contributed by atoms with E-state index in [-0.39, 0.29) is 12.5 Å². The number of nitrogens with one attached hydrogen (secondary N) is 2. The third-order valence-electron chi connectivity index (χ3n) is 2.12. The van der Waals surface area contributed by atoms with Gasteiger partial charge in [-0.2, -0.15) is 5.10 Å². The van der Waals surface area contributed by atoms with E-state index < -0.39 is 5.97 Å². The molecule has 0 aliphatic heterocycles. The van der Waals surface area contributed by atoms with Crippen LogP contribution in [-0.2, 0) is 16.1 Å². The highest BCUT2D eigenvalue weighted by Gasteiger charge is 2.06. The van der Waals surface area contributed by atoms with Crippen molar-refractivity contribution in [1.29, 1.82) is 0 Å². The van der Waals surface area contributed by atoms with Gasteiger partial charge in [0.1, 0.15) is 6.54 Å². The molecule has 7 heteroatoms. The Balaban J connectivity index is 2.35. The largest absolute Gasteiger partial charge is 0.480 e. The van der Waals surface area contributed by atoms with Gasteiger partial charge < -0.3 is 15.7 Å². The summed E-state index contributed by atoms with van der Waals surface area (Å²) >= 11 is 0. The number of amides is 1. The number of carbonyl (C=O) groups excluding carboxylic acids is 1. The van der Waals surface area contributed by atoms with Gasteiger partial charge in [-0.1, -0.05) is 13.8 Å². The Kier molecular flexibility index (Phi) is 5.31. The van der Waals surface area contributed by atoms with Crippen LogP contribution in [0.15, 0.2) is 12.4 Å². The van der Waals surface area contributed by atoms with Crippen LogP contribution in [0.1, 0.15) is 20.3 Å². The molecule has 0 aliphatic carbocycles. The molecule has 0 saturated heterocycles. The minimum absolute atomic E-state index is 0.127. The number of hydrogen-bond donors (Lipinski definition) is 3. The van der Waals surface area contributed by atoms with Crippen molar-refractivity contribution < 1.29 is 14.7 Å². The molecule has 1 rings (SSSR count). The highest BCUT2D eigenvalue weighted by atomic mass is 16.4. The zero-order chi connectivity index (χ0) is 13.5. The van der Waals surface area contributed by atoms with Crippen LogP contribution in [0.2, 0.25) is 0 Å². The fourth-order valence-electron chi connectivity index (χ4n) is 1.35. The molecule has 7 nitrogen and oxygen atoms in total. The van der Waals surface area contributed by atoms with Crippen LogP contribution in [0.5, 0.6) is 0 Å². The topological polar surface area (TPSA) is 96.3 Å². The summed E-state index contributed by atoms with van der Waals surface area (Å²) in [5.74, 6) is -1.10. The van der Waals surface area contributed by atoms with Crippen molar-refractivity contribution in [2.75, 3.05) is 11.9 Å². The van der Waals surface area contributed by atoms with E-state index in [1.54, 1.807) is 0 Å². The number of carbonyl (C=O) groups is 2. The second kappa shape index (κ2) is 6.75. The molecule has 1 heterocycles. The highest BCUT2D eigenvalue weighted by Crippen LogP contribution is 2.05. The molecule has 100 valence electrons. The number of rotatable bonds is 7. The molecule has 0 unspecified atom stereocenters. The molecule has 3 N–H and O–H groups in total. The maximum Gasteiger partial charge on any atom is 0.325 e. The van der Waals surface area contributed by atoms with Crippen LogP contribution in [-0.4, -0.2) is 39.4 Å². The van der Waals surface area contributed by atoms with E-state index in [0.717, 1.165) is 0 Å². The summed E-state index contributed by atoms with van der Waals surface area (Å²) in [5.41, 5.74) is 0.505. The van der Waals surface area contributed by atoms with E-state index in [9.17, 15) is 9.59 Å². The smallest absolute Gasteiger partial charge is 0.325 e. The summed E-state index contributed by atoms with van der Waals surface area (Å²) < 4.78 is 1.25. The Bertz CT molecular complexity index is 414. The molecule has 18 heavy (non-hydrogen) atoms. The van der Waals surface area contributed by atoms with Gasteiger partial charge in [-0.15, -0.1) is 0 Å². The first kappa shape index (κ1) is 14.2. The highest BCUT2D eigenvalue weighted by molar-refractivity contribution is 5.90. The monoisotopic (exact) mass is 254 g/mol. The molecule has 0 aromatic carbocycles. The zero-order valence-corrected chi connectivity index (χ0v) is 10.5. The Labute approximate surface area is 105 Å². The Morgan fingerprint density at radius 3 is 2.83 bits per heavy atom. The second-order valence-corrected chi connectivity index (χ2v) is 4.23. The molecule has 1 aromatic rings. The number of hydrogen-bond acceptors (Lipinski definition) is 4. The molecule has 1 amide bonds. The molecular weight excluding hydrogens is 236 g/mol. The van der Waals surface area contributed by atoms with Crippen LogP contribution in [0.3, 0.4) is 0 Å². The van der Waals surface area contributed by atoms with Crippen molar-refractivity contribution in [3.05, 3.63) is 12.4 Å².